The number of phenols is 1. The maximum atomic E-state index is 12.0. The van der Waals surface area contributed by atoms with Gasteiger partial charge >= 0.3 is 0 Å². The number of aliphatic hydroxyl groups is 1. The summed E-state index contributed by atoms with van der Waals surface area (Å²) in [5, 5.41) is 19.3. The van der Waals surface area contributed by atoms with Gasteiger partial charge < -0.3 is 15.1 Å². The molecular weight excluding hydrogens is 206 g/mol. The quantitative estimate of drug-likeness (QED) is 0.743. The molecule has 0 bridgehead atoms. The van der Waals surface area contributed by atoms with Crippen molar-refractivity contribution < 1.29 is 15.0 Å². The Morgan fingerprint density at radius 3 is 2.69 bits per heavy atom. The van der Waals surface area contributed by atoms with Gasteiger partial charge in [-0.1, -0.05) is 12.1 Å². The molecule has 0 radical (unpaired) electrons. The van der Waals surface area contributed by atoms with Crippen molar-refractivity contribution in [2.75, 3.05) is 13.1 Å². The molecule has 1 unspecified atom stereocenters. The minimum atomic E-state index is -0.805. The SMILES string of the molecule is CC1(O)CCN(C(=O)c2ccccc2O)C1. The monoisotopic (exact) mass is 221 g/mol. The molecule has 2 rings (SSSR count). The number of β-amino-alcohol motifs (C(OH)–C–C–N with tert-alkyl or cyclic N) is 1. The zero-order valence-electron chi connectivity index (χ0n) is 9.18. The summed E-state index contributed by atoms with van der Waals surface area (Å²) in [6, 6.07) is 6.46. The van der Waals surface area contributed by atoms with Gasteiger partial charge in [-0.25, -0.2) is 0 Å². The van der Waals surface area contributed by atoms with E-state index in [2.05, 4.69) is 0 Å². The van der Waals surface area contributed by atoms with Gasteiger partial charge in [0.05, 0.1) is 11.2 Å². The lowest BCUT2D eigenvalue weighted by molar-refractivity contribution is 0.0570. The van der Waals surface area contributed by atoms with Gasteiger partial charge in [0.25, 0.3) is 5.91 Å². The first-order valence-electron chi connectivity index (χ1n) is 5.29. The fourth-order valence-electron chi connectivity index (χ4n) is 1.94. The third kappa shape index (κ3) is 2.02. The van der Waals surface area contributed by atoms with Crippen molar-refractivity contribution in [1.82, 2.24) is 4.90 Å². The molecule has 86 valence electrons. The van der Waals surface area contributed by atoms with Crippen LogP contribution in [0, 0.1) is 0 Å². The number of rotatable bonds is 1. The lowest BCUT2D eigenvalue weighted by Gasteiger charge is -2.19. The average molecular weight is 221 g/mol. The van der Waals surface area contributed by atoms with Crippen molar-refractivity contribution in [3.63, 3.8) is 0 Å². The molecule has 0 aliphatic carbocycles. The molecule has 1 saturated heterocycles. The summed E-state index contributed by atoms with van der Waals surface area (Å²) in [5.41, 5.74) is -0.514. The Kier molecular flexibility index (Phi) is 2.59. The lowest BCUT2D eigenvalue weighted by atomic mass is 10.1. The number of amides is 1. The van der Waals surface area contributed by atoms with E-state index in [9.17, 15) is 15.0 Å². The summed E-state index contributed by atoms with van der Waals surface area (Å²) < 4.78 is 0. The molecule has 1 fully saturated rings. The van der Waals surface area contributed by atoms with E-state index in [1.165, 1.54) is 6.07 Å². The van der Waals surface area contributed by atoms with Crippen molar-refractivity contribution in [1.29, 1.82) is 0 Å². The number of hydrogen-bond acceptors (Lipinski definition) is 3. The van der Waals surface area contributed by atoms with Crippen molar-refractivity contribution in [2.24, 2.45) is 0 Å². The van der Waals surface area contributed by atoms with Crippen LogP contribution in [0.15, 0.2) is 24.3 Å². The fraction of sp³-hybridized carbons (Fsp3) is 0.417. The normalized spacial score (nSPS) is 24.8. The zero-order valence-corrected chi connectivity index (χ0v) is 9.18. The Morgan fingerprint density at radius 1 is 1.44 bits per heavy atom. The highest BCUT2D eigenvalue weighted by molar-refractivity contribution is 5.97. The number of carbonyl (C=O) groups is 1. The van der Waals surface area contributed by atoms with Gasteiger partial charge in [-0.2, -0.15) is 0 Å². The lowest BCUT2D eigenvalue weighted by Crippen LogP contribution is -2.33. The summed E-state index contributed by atoms with van der Waals surface area (Å²) >= 11 is 0. The number of phenolic OH excluding ortho intramolecular Hbond substituents is 1. The van der Waals surface area contributed by atoms with Crippen LogP contribution in [0.3, 0.4) is 0 Å². The second-order valence-electron chi connectivity index (χ2n) is 4.49. The van der Waals surface area contributed by atoms with E-state index < -0.39 is 5.60 Å². The molecule has 4 nitrogen and oxygen atoms in total. The van der Waals surface area contributed by atoms with E-state index >= 15 is 0 Å². The predicted octanol–water partition coefficient (Wildman–Crippen LogP) is 0.989. The fourth-order valence-corrected chi connectivity index (χ4v) is 1.94. The molecule has 0 saturated carbocycles. The number of hydrogen-bond donors (Lipinski definition) is 2. The van der Waals surface area contributed by atoms with E-state index in [4.69, 9.17) is 0 Å². The predicted molar refractivity (Wildman–Crippen MR) is 59.3 cm³/mol. The van der Waals surface area contributed by atoms with Crippen LogP contribution in [0.1, 0.15) is 23.7 Å². The van der Waals surface area contributed by atoms with E-state index in [1.807, 2.05) is 0 Å². The minimum Gasteiger partial charge on any atom is -0.507 e. The molecule has 1 aliphatic heterocycles. The molecule has 0 aromatic heterocycles. The van der Waals surface area contributed by atoms with Gasteiger partial charge in [-0.05, 0) is 25.5 Å². The second kappa shape index (κ2) is 3.79. The Balaban J connectivity index is 2.18. The third-order valence-corrected chi connectivity index (χ3v) is 2.87. The number of aromatic hydroxyl groups is 1. The molecule has 1 aromatic rings. The molecule has 1 aliphatic rings. The Bertz CT molecular complexity index is 414. The van der Waals surface area contributed by atoms with Crippen LogP contribution < -0.4 is 0 Å². The Morgan fingerprint density at radius 2 is 2.12 bits per heavy atom. The highest BCUT2D eigenvalue weighted by Crippen LogP contribution is 2.24. The topological polar surface area (TPSA) is 60.8 Å². The van der Waals surface area contributed by atoms with E-state index in [0.717, 1.165) is 0 Å². The van der Waals surface area contributed by atoms with Crippen molar-refractivity contribution >= 4 is 5.91 Å². The smallest absolute Gasteiger partial charge is 0.257 e. The molecule has 1 amide bonds. The zero-order chi connectivity index (χ0) is 11.8. The van der Waals surface area contributed by atoms with Gasteiger partial charge in [0, 0.05) is 13.1 Å². The summed E-state index contributed by atoms with van der Waals surface area (Å²) in [7, 11) is 0. The third-order valence-electron chi connectivity index (χ3n) is 2.87. The Labute approximate surface area is 94.1 Å². The summed E-state index contributed by atoms with van der Waals surface area (Å²) in [4.78, 5) is 13.6. The molecule has 1 heterocycles. The number of para-hydroxylation sites is 1. The maximum Gasteiger partial charge on any atom is 0.257 e. The largest absolute Gasteiger partial charge is 0.507 e. The van der Waals surface area contributed by atoms with E-state index in [1.54, 1.807) is 30.0 Å². The standard InChI is InChI=1S/C12H15NO3/c1-12(16)6-7-13(8-12)11(15)9-4-2-3-5-10(9)14/h2-5,14,16H,6-8H2,1H3. The van der Waals surface area contributed by atoms with Gasteiger partial charge in [-0.3, -0.25) is 4.79 Å². The van der Waals surface area contributed by atoms with Gasteiger partial charge in [0.1, 0.15) is 5.75 Å². The van der Waals surface area contributed by atoms with Crippen molar-refractivity contribution in [2.45, 2.75) is 18.9 Å². The molecule has 2 N–H and O–H groups in total. The van der Waals surface area contributed by atoms with Crippen molar-refractivity contribution in [3.05, 3.63) is 29.8 Å². The summed E-state index contributed by atoms with van der Waals surface area (Å²) in [6.07, 6.45) is 0.576. The molecule has 0 spiro atoms. The average Bonchev–Trinajstić information content (AvgIpc) is 2.59. The first kappa shape index (κ1) is 11.0. The van der Waals surface area contributed by atoms with Crippen LogP contribution in [-0.4, -0.2) is 39.7 Å². The van der Waals surface area contributed by atoms with Gasteiger partial charge in [-0.15, -0.1) is 0 Å². The van der Waals surface area contributed by atoms with Crippen LogP contribution in [-0.2, 0) is 0 Å². The number of carbonyl (C=O) groups excluding carboxylic acids is 1. The van der Waals surface area contributed by atoms with E-state index in [0.29, 0.717) is 25.1 Å². The molecule has 1 aromatic carbocycles. The maximum absolute atomic E-state index is 12.0. The summed E-state index contributed by atoms with van der Waals surface area (Å²) in [6.45, 7) is 2.56. The molecule has 16 heavy (non-hydrogen) atoms. The van der Waals surface area contributed by atoms with Crippen LogP contribution in [0.4, 0.5) is 0 Å². The van der Waals surface area contributed by atoms with Crippen molar-refractivity contribution in [3.8, 4) is 5.75 Å². The van der Waals surface area contributed by atoms with Gasteiger partial charge in [0.2, 0.25) is 0 Å². The first-order chi connectivity index (χ1) is 7.49. The van der Waals surface area contributed by atoms with E-state index in [-0.39, 0.29) is 11.7 Å². The minimum absolute atomic E-state index is 0.0148. The highest BCUT2D eigenvalue weighted by atomic mass is 16.3. The van der Waals surface area contributed by atoms with Crippen LogP contribution in [0.25, 0.3) is 0 Å². The number of benzene rings is 1. The summed E-state index contributed by atoms with van der Waals surface area (Å²) in [5.74, 6) is -0.241. The number of nitrogens with zero attached hydrogens (tertiary/aromatic N) is 1. The molecular formula is C12H15NO3. The second-order valence-corrected chi connectivity index (χ2v) is 4.49. The van der Waals surface area contributed by atoms with Crippen LogP contribution in [0.2, 0.25) is 0 Å². The first-order valence-corrected chi connectivity index (χ1v) is 5.29. The Hall–Kier alpha value is -1.55. The van der Waals surface area contributed by atoms with Crippen LogP contribution >= 0.6 is 0 Å². The molecule has 1 atom stereocenters. The highest BCUT2D eigenvalue weighted by Gasteiger charge is 2.34. The number of likely N-dealkylation sites (tertiary alicyclic amines) is 1. The van der Waals surface area contributed by atoms with Gasteiger partial charge in [0.15, 0.2) is 0 Å². The molecule has 4 heteroatoms. The van der Waals surface area contributed by atoms with Crippen LogP contribution in [0.5, 0.6) is 5.75 Å².